The van der Waals surface area contributed by atoms with Crippen LogP contribution in [0.25, 0.3) is 0 Å². The number of carbonyl (C=O) groups is 3. The second-order valence-electron chi connectivity index (χ2n) is 6.22. The molecule has 2 heterocycles. The Bertz CT molecular complexity index is 859. The van der Waals surface area contributed by atoms with Crippen LogP contribution >= 0.6 is 15.9 Å². The van der Waals surface area contributed by atoms with Gasteiger partial charge in [0.1, 0.15) is 5.54 Å². The number of aryl methyl sites for hydroxylation is 1. The predicted molar refractivity (Wildman–Crippen MR) is 97.9 cm³/mol. The van der Waals surface area contributed by atoms with Crippen molar-refractivity contribution in [2.24, 2.45) is 0 Å². The van der Waals surface area contributed by atoms with Crippen LogP contribution in [0.5, 0.6) is 0 Å². The number of aromatic nitrogens is 1. The minimum Gasteiger partial charge on any atom is -0.322 e. The number of nitrogens with one attached hydrogen (secondary N) is 2. The van der Waals surface area contributed by atoms with Crippen LogP contribution < -0.4 is 10.7 Å². The summed E-state index contributed by atoms with van der Waals surface area (Å²) < 4.78 is 0.620. The SMILES string of the molecule is C[C@@]1(CCc2ccccc2)NC(=O)N(NC(=O)c2cncc(Br)c2)C1=O. The van der Waals surface area contributed by atoms with Gasteiger partial charge in [0, 0.05) is 16.9 Å². The first-order valence-electron chi connectivity index (χ1n) is 8.01. The predicted octanol–water partition coefficient (Wildman–Crippen LogP) is 2.43. The molecule has 1 fully saturated rings. The summed E-state index contributed by atoms with van der Waals surface area (Å²) in [7, 11) is 0. The normalized spacial score (nSPS) is 19.4. The van der Waals surface area contributed by atoms with Gasteiger partial charge in [-0.2, -0.15) is 5.01 Å². The van der Waals surface area contributed by atoms with E-state index in [0.29, 0.717) is 17.3 Å². The maximum atomic E-state index is 12.7. The summed E-state index contributed by atoms with van der Waals surface area (Å²) in [6.07, 6.45) is 3.94. The summed E-state index contributed by atoms with van der Waals surface area (Å²) in [6, 6.07) is 10.6. The van der Waals surface area contributed by atoms with E-state index in [2.05, 4.69) is 31.7 Å². The second-order valence-corrected chi connectivity index (χ2v) is 7.14. The molecule has 0 aliphatic carbocycles. The number of amides is 4. The van der Waals surface area contributed by atoms with Crippen LogP contribution in [-0.2, 0) is 11.2 Å². The van der Waals surface area contributed by atoms with Gasteiger partial charge in [0.2, 0.25) is 0 Å². The summed E-state index contributed by atoms with van der Waals surface area (Å²) >= 11 is 3.23. The topological polar surface area (TPSA) is 91.4 Å². The monoisotopic (exact) mass is 416 g/mol. The van der Waals surface area contributed by atoms with Gasteiger partial charge in [-0.15, -0.1) is 0 Å². The fourth-order valence-electron chi connectivity index (χ4n) is 2.70. The van der Waals surface area contributed by atoms with Gasteiger partial charge < -0.3 is 5.32 Å². The standard InChI is InChI=1S/C18H17BrN4O3/c1-18(8-7-12-5-3-2-4-6-12)16(25)23(17(26)21-18)22-15(24)13-9-14(19)11-20-10-13/h2-6,9-11H,7-8H2,1H3,(H,21,26)(H,22,24)/t18-/m0/s1. The van der Waals surface area contributed by atoms with Crippen molar-refractivity contribution in [2.45, 2.75) is 25.3 Å². The second kappa shape index (κ2) is 7.25. The van der Waals surface area contributed by atoms with Crippen molar-refractivity contribution in [2.75, 3.05) is 0 Å². The maximum Gasteiger partial charge on any atom is 0.344 e. The van der Waals surface area contributed by atoms with E-state index in [9.17, 15) is 14.4 Å². The lowest BCUT2D eigenvalue weighted by Crippen LogP contribution is -2.49. The number of urea groups is 1. The smallest absolute Gasteiger partial charge is 0.322 e. The lowest BCUT2D eigenvalue weighted by Gasteiger charge is -2.21. The Morgan fingerprint density at radius 3 is 2.69 bits per heavy atom. The maximum absolute atomic E-state index is 12.7. The van der Waals surface area contributed by atoms with E-state index < -0.39 is 23.4 Å². The third-order valence-corrected chi connectivity index (χ3v) is 4.63. The lowest BCUT2D eigenvalue weighted by molar-refractivity contribution is -0.132. The quantitative estimate of drug-likeness (QED) is 0.732. The Hall–Kier alpha value is -2.74. The molecule has 8 heteroatoms. The molecule has 26 heavy (non-hydrogen) atoms. The molecule has 0 unspecified atom stereocenters. The number of rotatable bonds is 5. The van der Waals surface area contributed by atoms with E-state index in [1.807, 2.05) is 30.3 Å². The van der Waals surface area contributed by atoms with Crippen LogP contribution in [0.15, 0.2) is 53.3 Å². The largest absolute Gasteiger partial charge is 0.344 e. The molecule has 134 valence electrons. The Balaban J connectivity index is 1.69. The van der Waals surface area contributed by atoms with E-state index in [0.717, 1.165) is 10.6 Å². The molecular formula is C18H17BrN4O3. The van der Waals surface area contributed by atoms with Crippen molar-refractivity contribution >= 4 is 33.8 Å². The van der Waals surface area contributed by atoms with Gasteiger partial charge in [0.25, 0.3) is 11.8 Å². The molecule has 0 saturated carbocycles. The lowest BCUT2D eigenvalue weighted by atomic mass is 9.93. The fourth-order valence-corrected chi connectivity index (χ4v) is 3.06. The fraction of sp³-hybridized carbons (Fsp3) is 0.222. The van der Waals surface area contributed by atoms with Gasteiger partial charge in [-0.3, -0.25) is 20.0 Å². The third-order valence-electron chi connectivity index (χ3n) is 4.20. The van der Waals surface area contributed by atoms with E-state index in [-0.39, 0.29) is 5.56 Å². The van der Waals surface area contributed by atoms with Gasteiger partial charge in [-0.05, 0) is 47.3 Å². The Kier molecular flexibility index (Phi) is 5.03. The van der Waals surface area contributed by atoms with E-state index >= 15 is 0 Å². The summed E-state index contributed by atoms with van der Waals surface area (Å²) in [4.78, 5) is 41.1. The van der Waals surface area contributed by atoms with Crippen molar-refractivity contribution in [3.05, 3.63) is 64.4 Å². The molecule has 7 nitrogen and oxygen atoms in total. The minimum atomic E-state index is -1.07. The van der Waals surface area contributed by atoms with Gasteiger partial charge in [0.15, 0.2) is 0 Å². The summed E-state index contributed by atoms with van der Waals surface area (Å²) in [5, 5.41) is 3.40. The average Bonchev–Trinajstić information content (AvgIpc) is 2.84. The molecule has 1 atom stereocenters. The van der Waals surface area contributed by atoms with Gasteiger partial charge in [-0.25, -0.2) is 4.79 Å². The molecule has 1 aromatic carbocycles. The van der Waals surface area contributed by atoms with E-state index in [1.165, 1.54) is 12.4 Å². The molecule has 1 saturated heterocycles. The van der Waals surface area contributed by atoms with E-state index in [4.69, 9.17) is 0 Å². The number of nitrogens with zero attached hydrogens (tertiary/aromatic N) is 2. The Labute approximate surface area is 158 Å². The molecule has 0 radical (unpaired) electrons. The van der Waals surface area contributed by atoms with Crippen molar-refractivity contribution in [3.63, 3.8) is 0 Å². The van der Waals surface area contributed by atoms with Gasteiger partial charge in [0.05, 0.1) is 5.56 Å². The number of hydrogen-bond acceptors (Lipinski definition) is 4. The molecule has 2 aromatic rings. The average molecular weight is 417 g/mol. The van der Waals surface area contributed by atoms with Crippen molar-refractivity contribution in [3.8, 4) is 0 Å². The van der Waals surface area contributed by atoms with Gasteiger partial charge >= 0.3 is 6.03 Å². The number of imide groups is 1. The first-order valence-corrected chi connectivity index (χ1v) is 8.80. The molecule has 4 amide bonds. The first kappa shape index (κ1) is 18.1. The molecule has 2 N–H and O–H groups in total. The van der Waals surface area contributed by atoms with Crippen LogP contribution in [-0.4, -0.2) is 33.4 Å². The zero-order valence-electron chi connectivity index (χ0n) is 14.0. The number of halogens is 1. The molecule has 0 bridgehead atoms. The van der Waals surface area contributed by atoms with Gasteiger partial charge in [-0.1, -0.05) is 30.3 Å². The van der Waals surface area contributed by atoms with Crippen LogP contribution in [0.3, 0.4) is 0 Å². The number of hydrazine groups is 1. The van der Waals surface area contributed by atoms with Crippen LogP contribution in [0.1, 0.15) is 29.3 Å². The molecule has 0 spiro atoms. The van der Waals surface area contributed by atoms with Crippen LogP contribution in [0, 0.1) is 0 Å². The molecular weight excluding hydrogens is 400 g/mol. The number of benzene rings is 1. The highest BCUT2D eigenvalue weighted by atomic mass is 79.9. The Morgan fingerprint density at radius 2 is 2.00 bits per heavy atom. The minimum absolute atomic E-state index is 0.234. The highest BCUT2D eigenvalue weighted by molar-refractivity contribution is 9.10. The van der Waals surface area contributed by atoms with Crippen molar-refractivity contribution in [1.82, 2.24) is 20.7 Å². The first-order chi connectivity index (χ1) is 12.4. The van der Waals surface area contributed by atoms with Crippen molar-refractivity contribution < 1.29 is 14.4 Å². The van der Waals surface area contributed by atoms with E-state index in [1.54, 1.807) is 13.0 Å². The highest BCUT2D eigenvalue weighted by Crippen LogP contribution is 2.22. The summed E-state index contributed by atoms with van der Waals surface area (Å²) in [6.45, 7) is 1.66. The Morgan fingerprint density at radius 1 is 1.27 bits per heavy atom. The van der Waals surface area contributed by atoms with Crippen LogP contribution in [0.2, 0.25) is 0 Å². The van der Waals surface area contributed by atoms with Crippen LogP contribution in [0.4, 0.5) is 4.79 Å². The molecule has 1 aromatic heterocycles. The summed E-state index contributed by atoms with van der Waals surface area (Å²) in [5.41, 5.74) is 2.58. The molecule has 3 rings (SSSR count). The molecule has 1 aliphatic heterocycles. The number of hydrogen-bond donors (Lipinski definition) is 2. The third kappa shape index (κ3) is 3.75. The zero-order valence-corrected chi connectivity index (χ0v) is 15.6. The number of pyridine rings is 1. The number of carbonyl (C=O) groups excluding carboxylic acids is 3. The van der Waals surface area contributed by atoms with Crippen molar-refractivity contribution in [1.29, 1.82) is 0 Å². The summed E-state index contributed by atoms with van der Waals surface area (Å²) in [5.74, 6) is -1.08. The highest BCUT2D eigenvalue weighted by Gasteiger charge is 2.48. The molecule has 1 aliphatic rings. The zero-order chi connectivity index (χ0) is 18.7.